The molecule has 3 aromatic heterocycles. The first-order chi connectivity index (χ1) is 17.4. The Morgan fingerprint density at radius 2 is 1.89 bits per heavy atom. The van der Waals surface area contributed by atoms with E-state index in [4.69, 9.17) is 11.6 Å². The summed E-state index contributed by atoms with van der Waals surface area (Å²) in [5.41, 5.74) is 1.50. The van der Waals surface area contributed by atoms with Crippen molar-refractivity contribution in [1.29, 1.82) is 0 Å². The van der Waals surface area contributed by atoms with E-state index in [0.717, 1.165) is 62.7 Å². The van der Waals surface area contributed by atoms with Crippen LogP contribution in [0.25, 0.3) is 10.6 Å². The minimum Gasteiger partial charge on any atom is -0.331 e. The maximum Gasteiger partial charge on any atom is 0.257 e. The first-order valence-electron chi connectivity index (χ1n) is 12.4. The van der Waals surface area contributed by atoms with Crippen molar-refractivity contribution >= 4 is 40.6 Å². The molecule has 1 N–H and O–H groups in total. The number of thiophene rings is 1. The summed E-state index contributed by atoms with van der Waals surface area (Å²) in [5, 5.41) is 3.37. The van der Waals surface area contributed by atoms with E-state index in [1.54, 1.807) is 0 Å². The third-order valence-electron chi connectivity index (χ3n) is 8.04. The predicted molar refractivity (Wildman–Crippen MR) is 140 cm³/mol. The summed E-state index contributed by atoms with van der Waals surface area (Å²) in [6, 6.07) is 3.99. The van der Waals surface area contributed by atoms with Crippen LogP contribution in [0.3, 0.4) is 0 Å². The molecule has 1 saturated carbocycles. The van der Waals surface area contributed by atoms with Gasteiger partial charge in [-0.15, -0.1) is 11.3 Å². The van der Waals surface area contributed by atoms with E-state index < -0.39 is 5.82 Å². The van der Waals surface area contributed by atoms with E-state index in [0.29, 0.717) is 22.2 Å². The fraction of sp³-hybridized carbons (Fsp3) is 0.462. The van der Waals surface area contributed by atoms with E-state index in [-0.39, 0.29) is 28.1 Å². The van der Waals surface area contributed by atoms with E-state index in [1.165, 1.54) is 16.9 Å². The lowest BCUT2D eigenvalue weighted by molar-refractivity contribution is 0.0645. The molecule has 5 heterocycles. The topological polar surface area (TPSA) is 74.2 Å². The number of hydrogen-bond donors (Lipinski definition) is 1. The van der Waals surface area contributed by atoms with E-state index in [1.807, 2.05) is 24.2 Å². The molecule has 1 amide bonds. The molecule has 0 bridgehead atoms. The summed E-state index contributed by atoms with van der Waals surface area (Å²) >= 11 is 8.09. The number of aromatic nitrogens is 3. The fourth-order valence-corrected chi connectivity index (χ4v) is 7.78. The molecule has 3 aliphatic rings. The molecule has 0 radical (unpaired) electrons. The van der Waals surface area contributed by atoms with Crippen LogP contribution >= 0.6 is 22.9 Å². The van der Waals surface area contributed by atoms with Gasteiger partial charge in [0.15, 0.2) is 5.82 Å². The van der Waals surface area contributed by atoms with Gasteiger partial charge < -0.3 is 15.1 Å². The molecule has 10 heteroatoms. The highest BCUT2D eigenvalue weighted by Crippen LogP contribution is 2.56. The highest BCUT2D eigenvalue weighted by molar-refractivity contribution is 7.17. The highest BCUT2D eigenvalue weighted by Gasteiger charge is 2.52. The van der Waals surface area contributed by atoms with Crippen LogP contribution in [0, 0.1) is 5.82 Å². The van der Waals surface area contributed by atoms with Gasteiger partial charge in [0.2, 0.25) is 5.95 Å². The molecule has 1 aliphatic carbocycles. The average molecular weight is 527 g/mol. The van der Waals surface area contributed by atoms with Gasteiger partial charge in [-0.2, -0.15) is 0 Å². The molecule has 36 heavy (non-hydrogen) atoms. The number of hydrogen-bond acceptors (Lipinski definition) is 7. The lowest BCUT2D eigenvalue weighted by Gasteiger charge is -2.32. The normalized spacial score (nSPS) is 19.9. The zero-order chi connectivity index (χ0) is 25.0. The van der Waals surface area contributed by atoms with Gasteiger partial charge in [-0.05, 0) is 63.4 Å². The van der Waals surface area contributed by atoms with Crippen LogP contribution < -0.4 is 5.32 Å². The summed E-state index contributed by atoms with van der Waals surface area (Å²) in [5.74, 6) is 0.667. The predicted octanol–water partition coefficient (Wildman–Crippen LogP) is 5.80. The SMILES string of the molecule is CN1CCC(c2ccc(Nc3ncc(F)c(-c4sc5c(c4Cl)C(=O)N(C)C54CCCC4)n3)nc2)CC1. The fourth-order valence-electron chi connectivity index (χ4n) is 5.88. The minimum atomic E-state index is -0.575. The third kappa shape index (κ3) is 3.79. The molecule has 0 unspecified atom stereocenters. The number of carbonyl (C=O) groups is 1. The number of carbonyl (C=O) groups excluding carboxylic acids is 1. The van der Waals surface area contributed by atoms with Crippen molar-refractivity contribution < 1.29 is 9.18 Å². The van der Waals surface area contributed by atoms with Crippen molar-refractivity contribution in [1.82, 2.24) is 24.8 Å². The Morgan fingerprint density at radius 1 is 1.14 bits per heavy atom. The lowest BCUT2D eigenvalue weighted by atomic mass is 9.91. The van der Waals surface area contributed by atoms with Gasteiger partial charge in [0.25, 0.3) is 5.91 Å². The smallest absolute Gasteiger partial charge is 0.257 e. The number of fused-ring (bicyclic) bond motifs is 2. The van der Waals surface area contributed by atoms with Crippen LogP contribution in [0.1, 0.15) is 65.2 Å². The summed E-state index contributed by atoms with van der Waals surface area (Å²) in [6.45, 7) is 2.18. The molecular formula is C26H28ClFN6OS. The number of piperidine rings is 1. The first kappa shape index (κ1) is 23.8. The maximum absolute atomic E-state index is 14.9. The standard InChI is InChI=1S/C26H28ClFN6OS/c1-33-11-7-15(8-12-33)16-5-6-18(29-13-16)31-25-30-14-17(28)21(32-25)22-20(27)19-23(36-22)26(9-3-4-10-26)34(2)24(19)35/h5-6,13-15H,3-4,7-12H2,1-2H3,(H,29,30,31,32). The maximum atomic E-state index is 14.9. The summed E-state index contributed by atoms with van der Waals surface area (Å²) in [7, 11) is 3.99. The van der Waals surface area contributed by atoms with Gasteiger partial charge in [-0.25, -0.2) is 19.3 Å². The number of likely N-dealkylation sites (tertiary alicyclic amines) is 1. The number of anilines is 2. The number of rotatable bonds is 4. The Labute approximate surface area is 218 Å². The van der Waals surface area contributed by atoms with Crippen molar-refractivity contribution in [2.45, 2.75) is 50.0 Å². The molecule has 0 atom stereocenters. The number of halogens is 2. The van der Waals surface area contributed by atoms with Gasteiger partial charge in [-0.3, -0.25) is 4.79 Å². The Morgan fingerprint density at radius 3 is 2.58 bits per heavy atom. The summed E-state index contributed by atoms with van der Waals surface area (Å²) in [6.07, 6.45) is 9.20. The van der Waals surface area contributed by atoms with Crippen molar-refractivity contribution in [2.24, 2.45) is 0 Å². The second-order valence-electron chi connectivity index (χ2n) is 10.1. The molecule has 188 valence electrons. The van der Waals surface area contributed by atoms with Gasteiger partial charge in [0.1, 0.15) is 11.5 Å². The number of nitrogens with one attached hydrogen (secondary N) is 1. The van der Waals surface area contributed by atoms with Crippen LogP contribution in [0.15, 0.2) is 24.5 Å². The number of amides is 1. The number of pyridine rings is 1. The van der Waals surface area contributed by atoms with E-state index in [2.05, 4.69) is 38.3 Å². The van der Waals surface area contributed by atoms with Crippen LogP contribution in [-0.4, -0.2) is 57.8 Å². The molecule has 0 aromatic carbocycles. The van der Waals surface area contributed by atoms with Gasteiger partial charge in [-0.1, -0.05) is 30.5 Å². The number of nitrogens with zero attached hydrogens (tertiary/aromatic N) is 5. The molecule has 1 spiro atoms. The Hall–Kier alpha value is -2.62. The molecule has 3 aromatic rings. The molecule has 2 aliphatic heterocycles. The van der Waals surface area contributed by atoms with Crippen molar-refractivity contribution in [3.05, 3.63) is 51.4 Å². The second kappa shape index (κ2) is 9.04. The van der Waals surface area contributed by atoms with E-state index in [9.17, 15) is 9.18 Å². The van der Waals surface area contributed by atoms with Crippen LogP contribution in [0.5, 0.6) is 0 Å². The average Bonchev–Trinajstić information content (AvgIpc) is 3.56. The summed E-state index contributed by atoms with van der Waals surface area (Å²) in [4.78, 5) is 31.8. The van der Waals surface area contributed by atoms with Gasteiger partial charge >= 0.3 is 0 Å². The Bertz CT molecular complexity index is 1310. The highest BCUT2D eigenvalue weighted by atomic mass is 35.5. The zero-order valence-corrected chi connectivity index (χ0v) is 21.9. The molecular weight excluding hydrogens is 499 g/mol. The first-order valence-corrected chi connectivity index (χ1v) is 13.6. The molecule has 6 rings (SSSR count). The van der Waals surface area contributed by atoms with Crippen molar-refractivity contribution in [2.75, 3.05) is 32.5 Å². The molecule has 1 saturated heterocycles. The zero-order valence-electron chi connectivity index (χ0n) is 20.4. The Balaban J connectivity index is 1.27. The van der Waals surface area contributed by atoms with Crippen LogP contribution in [0.4, 0.5) is 16.2 Å². The third-order valence-corrected chi connectivity index (χ3v) is 9.92. The molecule has 2 fully saturated rings. The monoisotopic (exact) mass is 526 g/mol. The quantitative estimate of drug-likeness (QED) is 0.463. The van der Waals surface area contributed by atoms with Crippen molar-refractivity contribution in [3.8, 4) is 10.6 Å². The lowest BCUT2D eigenvalue weighted by Crippen LogP contribution is -2.38. The van der Waals surface area contributed by atoms with Gasteiger partial charge in [0, 0.05) is 18.1 Å². The van der Waals surface area contributed by atoms with Crippen molar-refractivity contribution in [3.63, 3.8) is 0 Å². The summed E-state index contributed by atoms with van der Waals surface area (Å²) < 4.78 is 14.9. The van der Waals surface area contributed by atoms with E-state index >= 15 is 0 Å². The largest absolute Gasteiger partial charge is 0.331 e. The minimum absolute atomic E-state index is 0.0962. The van der Waals surface area contributed by atoms with Crippen LogP contribution in [0.2, 0.25) is 5.02 Å². The molecule has 7 nitrogen and oxygen atoms in total. The van der Waals surface area contributed by atoms with Crippen LogP contribution in [-0.2, 0) is 5.54 Å². The Kier molecular flexibility index (Phi) is 5.97. The second-order valence-corrected chi connectivity index (χ2v) is 11.5. The van der Waals surface area contributed by atoms with Gasteiger partial charge in [0.05, 0.1) is 27.2 Å².